The van der Waals surface area contributed by atoms with Crippen LogP contribution in [0.2, 0.25) is 0 Å². The first kappa shape index (κ1) is 15.6. The number of nitrogens with one attached hydrogen (secondary N) is 1. The Morgan fingerprint density at radius 1 is 1.47 bits per heavy atom. The van der Waals surface area contributed by atoms with Gasteiger partial charge >= 0.3 is 0 Å². The summed E-state index contributed by atoms with van der Waals surface area (Å²) in [6.45, 7) is 5.59. The van der Waals surface area contributed by atoms with Crippen molar-refractivity contribution in [1.82, 2.24) is 5.32 Å². The fourth-order valence-electron chi connectivity index (χ4n) is 1.53. The van der Waals surface area contributed by atoms with Gasteiger partial charge in [0.1, 0.15) is 5.82 Å². The van der Waals surface area contributed by atoms with Gasteiger partial charge < -0.3 is 16.2 Å². The molecular weight excluding hydrogens is 247 g/mol. The molecule has 0 aromatic heterocycles. The number of aliphatic hydroxyl groups is 1. The maximum absolute atomic E-state index is 13.0. The summed E-state index contributed by atoms with van der Waals surface area (Å²) < 4.78 is 13.0. The fourth-order valence-corrected chi connectivity index (χ4v) is 1.53. The van der Waals surface area contributed by atoms with Crippen LogP contribution in [0.25, 0.3) is 0 Å². The van der Waals surface area contributed by atoms with Crippen LogP contribution in [0.1, 0.15) is 32.4 Å². The Hall–Kier alpha value is -1.46. The van der Waals surface area contributed by atoms with Crippen LogP contribution in [0.5, 0.6) is 0 Å². The molecule has 1 amide bonds. The van der Waals surface area contributed by atoms with Gasteiger partial charge in [0.25, 0.3) is 0 Å². The van der Waals surface area contributed by atoms with E-state index in [0.29, 0.717) is 5.56 Å². The van der Waals surface area contributed by atoms with E-state index in [4.69, 9.17) is 5.73 Å². The van der Waals surface area contributed by atoms with Crippen molar-refractivity contribution in [3.63, 3.8) is 0 Å². The molecule has 0 aliphatic heterocycles. The summed E-state index contributed by atoms with van der Waals surface area (Å²) in [7, 11) is 0. The Morgan fingerprint density at radius 3 is 2.63 bits per heavy atom. The van der Waals surface area contributed by atoms with Crippen LogP contribution in [0.3, 0.4) is 0 Å². The molecular formula is C14H21FN2O2. The second kappa shape index (κ2) is 6.12. The van der Waals surface area contributed by atoms with E-state index in [0.717, 1.165) is 0 Å². The third-order valence-electron chi connectivity index (χ3n) is 2.92. The first-order valence-electron chi connectivity index (χ1n) is 6.18. The van der Waals surface area contributed by atoms with Crippen molar-refractivity contribution >= 4 is 5.91 Å². The number of rotatable bonds is 4. The predicted molar refractivity (Wildman–Crippen MR) is 71.8 cm³/mol. The first-order valence-corrected chi connectivity index (χ1v) is 6.18. The molecule has 1 aromatic carbocycles. The SMILES string of the molecule is CC(C)(C)[C@H](N)C(=O)NCC(O)c1cccc(F)c1. The van der Waals surface area contributed by atoms with E-state index in [9.17, 15) is 14.3 Å². The lowest BCUT2D eigenvalue weighted by molar-refractivity contribution is -0.125. The Labute approximate surface area is 112 Å². The lowest BCUT2D eigenvalue weighted by atomic mass is 9.87. The fraction of sp³-hybridized carbons (Fsp3) is 0.500. The normalized spacial score (nSPS) is 14.8. The molecule has 1 rings (SSSR count). The minimum atomic E-state index is -0.952. The van der Waals surface area contributed by atoms with Gasteiger partial charge in [0.15, 0.2) is 0 Å². The van der Waals surface area contributed by atoms with Crippen LogP contribution in [-0.4, -0.2) is 23.6 Å². The summed E-state index contributed by atoms with van der Waals surface area (Å²) in [5, 5.41) is 12.4. The van der Waals surface area contributed by atoms with Crippen molar-refractivity contribution in [2.45, 2.75) is 32.9 Å². The lowest BCUT2D eigenvalue weighted by Gasteiger charge is -2.26. The van der Waals surface area contributed by atoms with Gasteiger partial charge in [-0.15, -0.1) is 0 Å². The molecule has 4 N–H and O–H groups in total. The molecule has 0 heterocycles. The van der Waals surface area contributed by atoms with Crippen LogP contribution in [0, 0.1) is 11.2 Å². The second-order valence-electron chi connectivity index (χ2n) is 5.66. The number of carbonyl (C=O) groups excluding carboxylic acids is 1. The van der Waals surface area contributed by atoms with Crippen LogP contribution in [-0.2, 0) is 4.79 Å². The third kappa shape index (κ3) is 4.61. The van der Waals surface area contributed by atoms with Crippen molar-refractivity contribution in [3.8, 4) is 0 Å². The second-order valence-corrected chi connectivity index (χ2v) is 5.66. The molecule has 0 saturated carbocycles. The van der Waals surface area contributed by atoms with Crippen molar-refractivity contribution in [2.24, 2.45) is 11.1 Å². The summed E-state index contributed by atoms with van der Waals surface area (Å²) >= 11 is 0. The maximum atomic E-state index is 13.0. The van der Waals surface area contributed by atoms with Gasteiger partial charge in [-0.1, -0.05) is 32.9 Å². The summed E-state index contributed by atoms with van der Waals surface area (Å²) in [5.74, 6) is -0.753. The number of benzene rings is 1. The molecule has 1 aromatic rings. The topological polar surface area (TPSA) is 75.4 Å². The molecule has 106 valence electrons. The summed E-state index contributed by atoms with van der Waals surface area (Å²) in [6.07, 6.45) is -0.952. The van der Waals surface area contributed by atoms with Crippen molar-refractivity contribution in [3.05, 3.63) is 35.6 Å². The Balaban J connectivity index is 2.55. The molecule has 5 heteroatoms. The van der Waals surface area contributed by atoms with E-state index in [2.05, 4.69) is 5.32 Å². The number of amides is 1. The van der Waals surface area contributed by atoms with Gasteiger partial charge in [0, 0.05) is 6.54 Å². The summed E-state index contributed by atoms with van der Waals surface area (Å²) in [5.41, 5.74) is 5.86. The highest BCUT2D eigenvalue weighted by Crippen LogP contribution is 2.18. The molecule has 0 aliphatic carbocycles. The van der Waals surface area contributed by atoms with Crippen molar-refractivity contribution in [1.29, 1.82) is 0 Å². The van der Waals surface area contributed by atoms with Gasteiger partial charge in [-0.05, 0) is 23.1 Å². The highest BCUT2D eigenvalue weighted by atomic mass is 19.1. The number of hydrogen-bond acceptors (Lipinski definition) is 3. The Kier molecular flexibility index (Phi) is 5.03. The zero-order valence-corrected chi connectivity index (χ0v) is 11.5. The largest absolute Gasteiger partial charge is 0.387 e. The molecule has 0 radical (unpaired) electrons. The molecule has 1 unspecified atom stereocenters. The van der Waals surface area contributed by atoms with Gasteiger partial charge in [-0.3, -0.25) is 4.79 Å². The van der Waals surface area contributed by atoms with Crippen molar-refractivity contribution in [2.75, 3.05) is 6.54 Å². The predicted octanol–water partition coefficient (Wildman–Crippen LogP) is 1.35. The Morgan fingerprint density at radius 2 is 2.11 bits per heavy atom. The summed E-state index contributed by atoms with van der Waals surface area (Å²) in [4.78, 5) is 11.8. The number of hydrogen-bond donors (Lipinski definition) is 3. The molecule has 2 atom stereocenters. The van der Waals surface area contributed by atoms with Crippen LogP contribution >= 0.6 is 0 Å². The first-order chi connectivity index (χ1) is 8.71. The van der Waals surface area contributed by atoms with Crippen LogP contribution < -0.4 is 11.1 Å². The van der Waals surface area contributed by atoms with Gasteiger partial charge in [0.2, 0.25) is 5.91 Å². The van der Waals surface area contributed by atoms with Gasteiger partial charge in [-0.25, -0.2) is 4.39 Å². The standard InChI is InChI=1S/C14H21FN2O2/c1-14(2,3)12(16)13(19)17-8-11(18)9-5-4-6-10(15)7-9/h4-7,11-12,18H,8,16H2,1-3H3,(H,17,19)/t11?,12-/m1/s1. The van der Waals surface area contributed by atoms with Gasteiger partial charge in [0.05, 0.1) is 12.1 Å². The minimum absolute atomic E-state index is 0.00602. The zero-order chi connectivity index (χ0) is 14.6. The van der Waals surface area contributed by atoms with Crippen LogP contribution in [0.4, 0.5) is 4.39 Å². The van der Waals surface area contributed by atoms with E-state index < -0.39 is 18.0 Å². The third-order valence-corrected chi connectivity index (χ3v) is 2.92. The zero-order valence-electron chi connectivity index (χ0n) is 11.5. The van der Waals surface area contributed by atoms with Crippen molar-refractivity contribution < 1.29 is 14.3 Å². The van der Waals surface area contributed by atoms with E-state index in [1.54, 1.807) is 6.07 Å². The average Bonchev–Trinajstić information content (AvgIpc) is 2.33. The molecule has 0 spiro atoms. The van der Waals surface area contributed by atoms with Crippen LogP contribution in [0.15, 0.2) is 24.3 Å². The maximum Gasteiger partial charge on any atom is 0.237 e. The molecule has 19 heavy (non-hydrogen) atoms. The summed E-state index contributed by atoms with van der Waals surface area (Å²) in [6, 6.07) is 4.98. The smallest absolute Gasteiger partial charge is 0.237 e. The van der Waals surface area contributed by atoms with Gasteiger partial charge in [-0.2, -0.15) is 0 Å². The molecule has 0 saturated heterocycles. The minimum Gasteiger partial charge on any atom is -0.387 e. The molecule has 4 nitrogen and oxygen atoms in total. The molecule has 0 aliphatic rings. The van der Waals surface area contributed by atoms with E-state index in [1.807, 2.05) is 20.8 Å². The quantitative estimate of drug-likeness (QED) is 0.771. The number of carbonyl (C=O) groups is 1. The number of nitrogens with two attached hydrogens (primary N) is 1. The number of halogens is 1. The molecule has 0 bridgehead atoms. The van der Waals surface area contributed by atoms with E-state index in [1.165, 1.54) is 18.2 Å². The highest BCUT2D eigenvalue weighted by Gasteiger charge is 2.27. The van der Waals surface area contributed by atoms with E-state index >= 15 is 0 Å². The highest BCUT2D eigenvalue weighted by molar-refractivity contribution is 5.82. The monoisotopic (exact) mass is 268 g/mol. The average molecular weight is 268 g/mol. The van der Waals surface area contributed by atoms with E-state index in [-0.39, 0.29) is 17.9 Å². The molecule has 0 fully saturated rings. The Bertz CT molecular complexity index is 443. The number of aliphatic hydroxyl groups excluding tert-OH is 1. The lowest BCUT2D eigenvalue weighted by Crippen LogP contribution is -2.49.